The Labute approximate surface area is 184 Å². The number of benzene rings is 2. The molecule has 2 aromatic carbocycles. The fourth-order valence-corrected chi connectivity index (χ4v) is 4.15. The number of nitrogens with one attached hydrogen (secondary N) is 1. The Morgan fingerprint density at radius 3 is 2.65 bits per heavy atom. The molecule has 1 heterocycles. The number of hydrogen-bond donors (Lipinski definition) is 1. The summed E-state index contributed by atoms with van der Waals surface area (Å²) in [5, 5.41) is 3.41. The van der Waals surface area contributed by atoms with E-state index in [0.29, 0.717) is 18.1 Å². The molecule has 0 bridgehead atoms. The van der Waals surface area contributed by atoms with Crippen molar-refractivity contribution in [2.24, 2.45) is 5.92 Å². The Morgan fingerprint density at radius 1 is 1.13 bits per heavy atom. The molecule has 0 aromatic heterocycles. The van der Waals surface area contributed by atoms with E-state index in [0.717, 1.165) is 51.6 Å². The van der Waals surface area contributed by atoms with Gasteiger partial charge in [0.2, 0.25) is 0 Å². The molecule has 0 spiro atoms. The fraction of sp³-hybridized carbons (Fsp3) is 0.296. The van der Waals surface area contributed by atoms with Gasteiger partial charge in [0.1, 0.15) is 11.5 Å². The maximum atomic E-state index is 12.8. The van der Waals surface area contributed by atoms with E-state index in [9.17, 15) is 4.79 Å². The molecule has 1 aliphatic heterocycles. The van der Waals surface area contributed by atoms with Crippen molar-refractivity contribution in [3.63, 3.8) is 0 Å². The zero-order valence-electron chi connectivity index (χ0n) is 18.8. The molecule has 1 atom stereocenters. The smallest absolute Gasteiger partial charge is 0.338 e. The van der Waals surface area contributed by atoms with Gasteiger partial charge in [-0.1, -0.05) is 36.8 Å². The lowest BCUT2D eigenvalue weighted by Gasteiger charge is -2.30. The van der Waals surface area contributed by atoms with Crippen LogP contribution in [0, 0.1) is 12.8 Å². The number of carbonyl (C=O) groups is 1. The van der Waals surface area contributed by atoms with Crippen LogP contribution in [0.15, 0.2) is 65.5 Å². The third kappa shape index (κ3) is 3.78. The van der Waals surface area contributed by atoms with Crippen LogP contribution in [0.5, 0.6) is 5.75 Å². The minimum atomic E-state index is -0.310. The van der Waals surface area contributed by atoms with Crippen molar-refractivity contribution in [3.05, 3.63) is 87.7 Å². The number of ether oxygens (including phenoxy) is 2. The van der Waals surface area contributed by atoms with Crippen molar-refractivity contribution in [1.29, 1.82) is 0 Å². The maximum absolute atomic E-state index is 12.8. The minimum Gasteiger partial charge on any atom is -0.462 e. The largest absolute Gasteiger partial charge is 0.462 e. The van der Waals surface area contributed by atoms with Crippen LogP contribution in [-0.4, -0.2) is 19.1 Å². The predicted octanol–water partition coefficient (Wildman–Crippen LogP) is 6.28. The molecule has 160 valence electrons. The molecule has 0 saturated carbocycles. The lowest BCUT2D eigenvalue weighted by molar-refractivity contribution is 0.0526. The van der Waals surface area contributed by atoms with Crippen molar-refractivity contribution in [2.45, 2.75) is 34.6 Å². The number of hydrogen-bond acceptors (Lipinski definition) is 4. The van der Waals surface area contributed by atoms with Gasteiger partial charge in [-0.15, -0.1) is 0 Å². The number of allylic oxidation sites excluding steroid dienone is 3. The number of esters is 1. The van der Waals surface area contributed by atoms with Gasteiger partial charge in [0.15, 0.2) is 0 Å². The van der Waals surface area contributed by atoms with E-state index in [2.05, 4.69) is 57.3 Å². The van der Waals surface area contributed by atoms with Gasteiger partial charge in [0, 0.05) is 35.0 Å². The van der Waals surface area contributed by atoms with E-state index in [4.69, 9.17) is 9.47 Å². The quantitative estimate of drug-likeness (QED) is 0.584. The van der Waals surface area contributed by atoms with Crippen molar-refractivity contribution in [1.82, 2.24) is 0 Å². The third-order valence-electron chi connectivity index (χ3n) is 5.90. The molecule has 0 radical (unpaired) electrons. The van der Waals surface area contributed by atoms with Gasteiger partial charge < -0.3 is 14.8 Å². The molecule has 0 fully saturated rings. The molecule has 1 unspecified atom stereocenters. The number of carbonyl (C=O) groups excluding carboxylic acids is 1. The van der Waals surface area contributed by atoms with Crippen LogP contribution in [0.4, 0.5) is 5.69 Å². The van der Waals surface area contributed by atoms with Crippen LogP contribution in [0.2, 0.25) is 0 Å². The summed E-state index contributed by atoms with van der Waals surface area (Å²) in [6.07, 6.45) is 4.35. The lowest BCUT2D eigenvalue weighted by atomic mass is 9.82. The highest BCUT2D eigenvalue weighted by Crippen LogP contribution is 2.46. The van der Waals surface area contributed by atoms with Crippen molar-refractivity contribution in [2.75, 3.05) is 18.5 Å². The van der Waals surface area contributed by atoms with Gasteiger partial charge in [-0.3, -0.25) is 0 Å². The average molecular weight is 416 g/mol. The summed E-state index contributed by atoms with van der Waals surface area (Å²) >= 11 is 0. The molecule has 1 N–H and O–H groups in total. The zero-order valence-corrected chi connectivity index (χ0v) is 18.8. The summed E-state index contributed by atoms with van der Waals surface area (Å²) in [5.74, 6) is 1.62. The summed E-state index contributed by atoms with van der Waals surface area (Å²) < 4.78 is 11.8. The highest BCUT2D eigenvalue weighted by molar-refractivity contribution is 6.01. The molecule has 4 heteroatoms. The van der Waals surface area contributed by atoms with Crippen LogP contribution in [0.25, 0.3) is 5.57 Å². The van der Waals surface area contributed by atoms with E-state index in [-0.39, 0.29) is 5.97 Å². The standard InChI is InChI=1S/C27H29NO3/c1-6-28-23-15-25-22(13-18(23)5)26(21-12-16(3)17(4)14-24(21)31-25)19-10-8-9-11-20(19)27(29)30-7-2/h8-15,17,28H,6-7H2,1-5H3. The fourth-order valence-electron chi connectivity index (χ4n) is 4.15. The summed E-state index contributed by atoms with van der Waals surface area (Å²) in [5.41, 5.74) is 7.88. The van der Waals surface area contributed by atoms with Gasteiger partial charge in [-0.25, -0.2) is 4.79 Å². The first-order valence-electron chi connectivity index (χ1n) is 10.9. The number of aryl methyl sites for hydroxylation is 1. The SMILES string of the molecule is CCNc1cc2c(cc1C)C(c1ccccc1C(=O)OCC)=C1C=C(C)C(C)C=C1O2. The van der Waals surface area contributed by atoms with Crippen LogP contribution < -0.4 is 10.1 Å². The summed E-state index contributed by atoms with van der Waals surface area (Å²) in [6.45, 7) is 11.5. The molecule has 4 nitrogen and oxygen atoms in total. The van der Waals surface area contributed by atoms with Crippen molar-refractivity contribution < 1.29 is 14.3 Å². The second-order valence-electron chi connectivity index (χ2n) is 8.06. The normalized spacial score (nSPS) is 17.1. The monoisotopic (exact) mass is 415 g/mol. The van der Waals surface area contributed by atoms with E-state index < -0.39 is 0 Å². The molecule has 0 amide bonds. The first-order chi connectivity index (χ1) is 14.9. The Balaban J connectivity index is 2.01. The maximum Gasteiger partial charge on any atom is 0.338 e. The molecule has 1 aliphatic carbocycles. The number of anilines is 1. The van der Waals surface area contributed by atoms with Crippen molar-refractivity contribution >= 4 is 17.2 Å². The molecule has 0 saturated heterocycles. The van der Waals surface area contributed by atoms with Crippen LogP contribution in [-0.2, 0) is 4.74 Å². The molecule has 4 rings (SSSR count). The number of fused-ring (bicyclic) bond motifs is 2. The summed E-state index contributed by atoms with van der Waals surface area (Å²) in [7, 11) is 0. The van der Waals surface area contributed by atoms with Gasteiger partial charge >= 0.3 is 5.97 Å². The second kappa shape index (κ2) is 8.46. The van der Waals surface area contributed by atoms with Gasteiger partial charge in [0.25, 0.3) is 0 Å². The average Bonchev–Trinajstić information content (AvgIpc) is 2.75. The Kier molecular flexibility index (Phi) is 5.73. The predicted molar refractivity (Wildman–Crippen MR) is 125 cm³/mol. The van der Waals surface area contributed by atoms with Gasteiger partial charge in [-0.2, -0.15) is 0 Å². The second-order valence-corrected chi connectivity index (χ2v) is 8.06. The summed E-state index contributed by atoms with van der Waals surface area (Å²) in [6, 6.07) is 11.9. The van der Waals surface area contributed by atoms with Gasteiger partial charge in [0.05, 0.1) is 12.2 Å². The van der Waals surface area contributed by atoms with E-state index in [1.54, 1.807) is 0 Å². The Hall–Kier alpha value is -3.27. The highest BCUT2D eigenvalue weighted by atomic mass is 16.5. The van der Waals surface area contributed by atoms with E-state index in [1.165, 1.54) is 5.57 Å². The molecule has 2 aromatic rings. The molecular formula is C27H29NO3. The Morgan fingerprint density at radius 2 is 1.90 bits per heavy atom. The lowest BCUT2D eigenvalue weighted by Crippen LogP contribution is -2.17. The first kappa shape index (κ1) is 21.0. The zero-order chi connectivity index (χ0) is 22.1. The van der Waals surface area contributed by atoms with Crippen LogP contribution >= 0.6 is 0 Å². The van der Waals surface area contributed by atoms with Crippen molar-refractivity contribution in [3.8, 4) is 5.75 Å². The van der Waals surface area contributed by atoms with E-state index in [1.807, 2.05) is 31.2 Å². The molecule has 2 aliphatic rings. The Bertz CT molecular complexity index is 1140. The minimum absolute atomic E-state index is 0.292. The molecular weight excluding hydrogens is 386 g/mol. The third-order valence-corrected chi connectivity index (χ3v) is 5.90. The molecule has 31 heavy (non-hydrogen) atoms. The first-order valence-corrected chi connectivity index (χ1v) is 10.9. The highest BCUT2D eigenvalue weighted by Gasteiger charge is 2.30. The number of rotatable bonds is 5. The van der Waals surface area contributed by atoms with Crippen LogP contribution in [0.1, 0.15) is 54.7 Å². The van der Waals surface area contributed by atoms with Gasteiger partial charge in [-0.05, 0) is 62.9 Å². The van der Waals surface area contributed by atoms with Crippen LogP contribution in [0.3, 0.4) is 0 Å². The topological polar surface area (TPSA) is 47.6 Å². The van der Waals surface area contributed by atoms with E-state index >= 15 is 0 Å². The summed E-state index contributed by atoms with van der Waals surface area (Å²) in [4.78, 5) is 12.8.